The minimum atomic E-state index is -4.55. The Hall–Kier alpha value is -3.11. The van der Waals surface area contributed by atoms with E-state index in [9.17, 15) is 18.0 Å². The molecule has 0 aliphatic rings. The van der Waals surface area contributed by atoms with E-state index in [0.29, 0.717) is 11.0 Å². The molecule has 10 heteroatoms. The van der Waals surface area contributed by atoms with Gasteiger partial charge in [0.05, 0.1) is 17.0 Å². The van der Waals surface area contributed by atoms with Crippen molar-refractivity contribution < 1.29 is 18.0 Å². The van der Waals surface area contributed by atoms with E-state index in [4.69, 9.17) is 0 Å². The molecule has 1 N–H and O–H groups in total. The molecule has 2 aromatic carbocycles. The van der Waals surface area contributed by atoms with E-state index < -0.39 is 17.6 Å². The number of hydrogen-bond donors (Lipinski definition) is 1. The van der Waals surface area contributed by atoms with Crippen LogP contribution in [0.5, 0.6) is 0 Å². The minimum Gasteiger partial charge on any atom is -0.325 e. The molecular weight excluding hydrogens is 481 g/mol. The second-order valence-corrected chi connectivity index (χ2v) is 9.72. The summed E-state index contributed by atoms with van der Waals surface area (Å²) in [6.07, 6.45) is -4.55. The molecule has 0 aliphatic carbocycles. The van der Waals surface area contributed by atoms with Crippen molar-refractivity contribution in [2.45, 2.75) is 25.2 Å². The second kappa shape index (κ2) is 9.63. The maximum absolute atomic E-state index is 13.2. The summed E-state index contributed by atoms with van der Waals surface area (Å²) in [6, 6.07) is 13.2. The Balaban J connectivity index is 1.51. The van der Waals surface area contributed by atoms with Crippen LogP contribution in [-0.4, -0.2) is 26.4 Å². The van der Waals surface area contributed by atoms with Gasteiger partial charge in [-0.25, -0.2) is 0 Å². The summed E-state index contributed by atoms with van der Waals surface area (Å²) >= 11 is 2.73. The monoisotopic (exact) mass is 502 g/mol. The van der Waals surface area contributed by atoms with Crippen molar-refractivity contribution >= 4 is 34.7 Å². The maximum Gasteiger partial charge on any atom is 0.418 e. The highest BCUT2D eigenvalue weighted by atomic mass is 32.2. The van der Waals surface area contributed by atoms with E-state index in [2.05, 4.69) is 46.7 Å². The number of halogens is 3. The maximum atomic E-state index is 13.2. The van der Waals surface area contributed by atoms with Crippen LogP contribution in [0.1, 0.15) is 16.0 Å². The smallest absolute Gasteiger partial charge is 0.325 e. The van der Waals surface area contributed by atoms with E-state index in [0.717, 1.165) is 39.4 Å². The molecule has 0 bridgehead atoms. The zero-order valence-electron chi connectivity index (χ0n) is 18.6. The number of rotatable bonds is 6. The highest BCUT2D eigenvalue weighted by Gasteiger charge is 2.33. The highest BCUT2D eigenvalue weighted by Crippen LogP contribution is 2.39. The molecule has 0 atom stereocenters. The summed E-state index contributed by atoms with van der Waals surface area (Å²) in [7, 11) is 1.81. The fourth-order valence-corrected chi connectivity index (χ4v) is 5.10. The lowest BCUT2D eigenvalue weighted by Crippen LogP contribution is -2.18. The summed E-state index contributed by atoms with van der Waals surface area (Å²) in [5, 5.41) is 13.4. The van der Waals surface area contributed by atoms with Crippen molar-refractivity contribution in [2.24, 2.45) is 7.05 Å². The average molecular weight is 503 g/mol. The van der Waals surface area contributed by atoms with Crippen LogP contribution in [0.2, 0.25) is 0 Å². The lowest BCUT2D eigenvalue weighted by atomic mass is 10.0. The molecule has 0 saturated heterocycles. The zero-order chi connectivity index (χ0) is 24.5. The number of carbonyl (C=O) groups is 1. The van der Waals surface area contributed by atoms with E-state index in [1.54, 1.807) is 23.0 Å². The summed E-state index contributed by atoms with van der Waals surface area (Å²) in [5.74, 6) is -0.00530. The van der Waals surface area contributed by atoms with Crippen LogP contribution in [0.3, 0.4) is 0 Å². The third-order valence-electron chi connectivity index (χ3n) is 5.23. The molecule has 0 radical (unpaired) electrons. The average Bonchev–Trinajstić information content (AvgIpc) is 3.34. The Labute approximate surface area is 203 Å². The predicted octanol–water partition coefficient (Wildman–Crippen LogP) is 6.58. The van der Waals surface area contributed by atoms with Gasteiger partial charge in [-0.3, -0.25) is 4.79 Å². The van der Waals surface area contributed by atoms with Crippen LogP contribution in [0, 0.1) is 13.8 Å². The van der Waals surface area contributed by atoms with Gasteiger partial charge in [0.1, 0.15) is 0 Å². The Kier molecular flexibility index (Phi) is 6.81. The first-order valence-corrected chi connectivity index (χ1v) is 12.2. The Bertz CT molecular complexity index is 1330. The molecular formula is C24H21F3N4OS2. The minimum absolute atomic E-state index is 0.106. The van der Waals surface area contributed by atoms with Crippen LogP contribution in [0.4, 0.5) is 18.9 Å². The molecule has 4 aromatic rings. The quantitative estimate of drug-likeness (QED) is 0.303. The largest absolute Gasteiger partial charge is 0.418 e. The Morgan fingerprint density at radius 3 is 2.50 bits per heavy atom. The van der Waals surface area contributed by atoms with Crippen molar-refractivity contribution in [3.05, 3.63) is 69.9 Å². The topological polar surface area (TPSA) is 59.8 Å². The van der Waals surface area contributed by atoms with Gasteiger partial charge < -0.3 is 9.88 Å². The van der Waals surface area contributed by atoms with Gasteiger partial charge in [0, 0.05) is 28.4 Å². The first-order valence-electron chi connectivity index (χ1n) is 10.3. The number of para-hydroxylation sites is 1. The lowest BCUT2D eigenvalue weighted by molar-refractivity contribution is -0.137. The van der Waals surface area contributed by atoms with Gasteiger partial charge >= 0.3 is 6.18 Å². The van der Waals surface area contributed by atoms with Crippen molar-refractivity contribution in [1.82, 2.24) is 14.8 Å². The molecule has 0 aliphatic heterocycles. The number of benzene rings is 2. The molecule has 0 saturated carbocycles. The number of aromatic nitrogens is 3. The molecule has 5 nitrogen and oxygen atoms in total. The first-order chi connectivity index (χ1) is 16.1. The number of amides is 1. The molecule has 4 rings (SSSR count). The number of nitrogens with zero attached hydrogens (tertiary/aromatic N) is 3. The van der Waals surface area contributed by atoms with E-state index >= 15 is 0 Å². The Morgan fingerprint density at radius 1 is 1.09 bits per heavy atom. The summed E-state index contributed by atoms with van der Waals surface area (Å²) in [4.78, 5) is 13.5. The van der Waals surface area contributed by atoms with E-state index in [1.807, 2.05) is 12.3 Å². The van der Waals surface area contributed by atoms with Crippen molar-refractivity contribution in [1.29, 1.82) is 0 Å². The van der Waals surface area contributed by atoms with Gasteiger partial charge in [-0.15, -0.1) is 21.5 Å². The first kappa shape index (κ1) is 24.0. The van der Waals surface area contributed by atoms with Crippen LogP contribution in [0.25, 0.3) is 22.5 Å². The molecule has 1 amide bonds. The van der Waals surface area contributed by atoms with Crippen LogP contribution in [0.15, 0.2) is 59.1 Å². The number of nitrogens with one attached hydrogen (secondary N) is 1. The van der Waals surface area contributed by atoms with E-state index in [1.165, 1.54) is 23.8 Å². The van der Waals surface area contributed by atoms with Crippen LogP contribution in [-0.2, 0) is 18.0 Å². The predicted molar refractivity (Wildman–Crippen MR) is 130 cm³/mol. The van der Waals surface area contributed by atoms with Crippen molar-refractivity contribution in [3.63, 3.8) is 0 Å². The third kappa shape index (κ3) is 5.02. The lowest BCUT2D eigenvalue weighted by Gasteiger charge is -2.13. The van der Waals surface area contributed by atoms with Gasteiger partial charge in [-0.05, 0) is 31.5 Å². The molecule has 176 valence electrons. The fourth-order valence-electron chi connectivity index (χ4n) is 3.53. The zero-order valence-corrected chi connectivity index (χ0v) is 20.2. The SMILES string of the molecule is Cc1ccc(-c2c(-c3nnc(SCC(=O)Nc4ccccc4C(F)(F)F)n3C)csc2C)cc1. The van der Waals surface area contributed by atoms with Gasteiger partial charge in [-0.1, -0.05) is 53.7 Å². The number of anilines is 1. The molecule has 2 heterocycles. The molecule has 2 aromatic heterocycles. The number of thiophene rings is 1. The van der Waals surface area contributed by atoms with Gasteiger partial charge in [0.2, 0.25) is 5.91 Å². The van der Waals surface area contributed by atoms with Gasteiger partial charge in [-0.2, -0.15) is 13.2 Å². The van der Waals surface area contributed by atoms with Gasteiger partial charge in [0.15, 0.2) is 11.0 Å². The molecule has 0 fully saturated rings. The summed E-state index contributed by atoms with van der Waals surface area (Å²) in [6.45, 7) is 4.09. The number of thioether (sulfide) groups is 1. The summed E-state index contributed by atoms with van der Waals surface area (Å²) in [5.41, 5.74) is 3.13. The van der Waals surface area contributed by atoms with Crippen molar-refractivity contribution in [3.8, 4) is 22.5 Å². The molecule has 34 heavy (non-hydrogen) atoms. The number of hydrogen-bond acceptors (Lipinski definition) is 5. The molecule has 0 spiro atoms. The standard InChI is InChI=1S/C24H21F3N4OS2/c1-14-8-10-16(11-9-14)21-15(2)33-12-17(21)22-29-30-23(31(22)3)34-13-20(32)28-19-7-5-4-6-18(19)24(25,26)27/h4-12H,13H2,1-3H3,(H,28,32). The van der Waals surface area contributed by atoms with Crippen molar-refractivity contribution in [2.75, 3.05) is 11.1 Å². The second-order valence-electron chi connectivity index (χ2n) is 7.69. The van der Waals surface area contributed by atoms with E-state index in [-0.39, 0.29) is 11.4 Å². The van der Waals surface area contributed by atoms with Crippen LogP contribution < -0.4 is 5.32 Å². The normalized spacial score (nSPS) is 11.6. The molecule has 0 unspecified atom stereocenters. The highest BCUT2D eigenvalue weighted by molar-refractivity contribution is 7.99. The number of aryl methyl sites for hydroxylation is 2. The van der Waals surface area contributed by atoms with Crippen LogP contribution >= 0.6 is 23.1 Å². The summed E-state index contributed by atoms with van der Waals surface area (Å²) < 4.78 is 41.3. The van der Waals surface area contributed by atoms with Gasteiger partial charge in [0.25, 0.3) is 0 Å². The third-order valence-corrected chi connectivity index (χ3v) is 7.16. The number of alkyl halides is 3. The fraction of sp³-hybridized carbons (Fsp3) is 0.208. The number of carbonyl (C=O) groups excluding carboxylic acids is 1. The Morgan fingerprint density at radius 2 is 1.79 bits per heavy atom.